The van der Waals surface area contributed by atoms with Crippen molar-refractivity contribution in [3.63, 3.8) is 0 Å². The zero-order chi connectivity index (χ0) is 11.6. The summed E-state index contributed by atoms with van der Waals surface area (Å²) in [4.78, 5) is 0. The average Bonchev–Trinajstić information content (AvgIpc) is 2.24. The van der Waals surface area contributed by atoms with Crippen LogP contribution < -0.4 is 0 Å². The van der Waals surface area contributed by atoms with Gasteiger partial charge in [0.2, 0.25) is 0 Å². The molecule has 0 aliphatic heterocycles. The number of unbranched alkanes of at least 4 members (excludes halogenated alkanes) is 2. The fourth-order valence-corrected chi connectivity index (χ4v) is 2.61. The summed E-state index contributed by atoms with van der Waals surface area (Å²) in [5.74, 6) is 0. The van der Waals surface area contributed by atoms with Crippen molar-refractivity contribution in [1.82, 2.24) is 0 Å². The van der Waals surface area contributed by atoms with Crippen molar-refractivity contribution in [2.75, 3.05) is 26.2 Å². The zero-order valence-corrected chi connectivity index (χ0v) is 14.1. The molecule has 0 fully saturated rings. The Labute approximate surface area is 118 Å². The van der Waals surface area contributed by atoms with E-state index in [9.17, 15) is 0 Å². The quantitative estimate of drug-likeness (QED) is 0.474. The van der Waals surface area contributed by atoms with Gasteiger partial charge in [-0.15, -0.1) is 0 Å². The molecule has 0 aliphatic rings. The summed E-state index contributed by atoms with van der Waals surface area (Å²) in [5, 5.41) is 0. The molecule has 0 atom stereocenters. The smallest absolute Gasteiger partial charge is 0.324 e. The van der Waals surface area contributed by atoms with E-state index in [1.54, 1.807) is 0 Å². The van der Waals surface area contributed by atoms with E-state index in [4.69, 9.17) is 0 Å². The van der Waals surface area contributed by atoms with Gasteiger partial charge >= 0.3 is 21.1 Å². The van der Waals surface area contributed by atoms with E-state index in [0.29, 0.717) is 0 Å². The molecule has 0 aromatic heterocycles. The third-order valence-electron chi connectivity index (χ3n) is 3.37. The van der Waals surface area contributed by atoms with Gasteiger partial charge in [0, 0.05) is 0 Å². The molecule has 0 aromatic rings. The van der Waals surface area contributed by atoms with E-state index in [1.165, 1.54) is 69.2 Å². The Morgan fingerprint density at radius 1 is 0.562 bits per heavy atom. The second kappa shape index (κ2) is 12.1. The van der Waals surface area contributed by atoms with Gasteiger partial charge in [-0.1, -0.05) is 40.5 Å². The molecule has 16 heavy (non-hydrogen) atoms. The molecule has 0 N–H and O–H groups in total. The minimum Gasteiger partial charge on any atom is -0.324 e. The van der Waals surface area contributed by atoms with E-state index in [-0.39, 0.29) is 21.1 Å². The summed E-state index contributed by atoms with van der Waals surface area (Å²) in [6.45, 7) is 14.9. The van der Waals surface area contributed by atoms with Crippen molar-refractivity contribution in [1.29, 1.82) is 0 Å². The summed E-state index contributed by atoms with van der Waals surface area (Å²) < 4.78 is 1.40. The van der Waals surface area contributed by atoms with Crippen LogP contribution in [0, 0.1) is 0 Å². The van der Waals surface area contributed by atoms with E-state index >= 15 is 0 Å². The first-order chi connectivity index (χ1) is 7.24. The molecule has 2 heteroatoms. The van der Waals surface area contributed by atoms with Gasteiger partial charge < -0.3 is 4.48 Å². The normalized spacial score (nSPS) is 11.2. The standard InChI is InChI=1S/C14H32N.Pt/c1-5-9-13-15(11-7-3,12-8-4)14-10-6-2;/h5-14H2,1-4H3;/q+1;+2. The summed E-state index contributed by atoms with van der Waals surface area (Å²) in [6, 6.07) is 0. The van der Waals surface area contributed by atoms with Gasteiger partial charge in [-0.25, -0.2) is 0 Å². The van der Waals surface area contributed by atoms with Crippen LogP contribution in [-0.2, 0) is 21.1 Å². The predicted octanol–water partition coefficient (Wildman–Crippen LogP) is 4.22. The van der Waals surface area contributed by atoms with E-state index in [2.05, 4.69) is 27.7 Å². The monoisotopic (exact) mass is 409 g/mol. The fourth-order valence-electron chi connectivity index (χ4n) is 2.61. The van der Waals surface area contributed by atoms with Crippen LogP contribution in [0.4, 0.5) is 0 Å². The van der Waals surface area contributed by atoms with Gasteiger partial charge in [0.15, 0.2) is 0 Å². The Morgan fingerprint density at radius 3 is 1.19 bits per heavy atom. The molecule has 0 rings (SSSR count). The third-order valence-corrected chi connectivity index (χ3v) is 3.37. The van der Waals surface area contributed by atoms with E-state index in [0.717, 1.165) is 0 Å². The van der Waals surface area contributed by atoms with Crippen LogP contribution in [-0.4, -0.2) is 30.7 Å². The van der Waals surface area contributed by atoms with Crippen LogP contribution in [0.3, 0.4) is 0 Å². The molecule has 100 valence electrons. The second-order valence-corrected chi connectivity index (χ2v) is 4.94. The SMILES string of the molecule is CCCC[N+](CCC)(CCC)CCCC.[Pt+2]. The molecule has 0 spiro atoms. The molecule has 0 amide bonds. The van der Waals surface area contributed by atoms with Gasteiger partial charge in [-0.2, -0.15) is 0 Å². The molecule has 0 saturated heterocycles. The number of hydrogen-bond acceptors (Lipinski definition) is 0. The Hall–Kier alpha value is 0.648. The largest absolute Gasteiger partial charge is 2.00 e. The van der Waals surface area contributed by atoms with Crippen molar-refractivity contribution in [2.24, 2.45) is 0 Å². The van der Waals surface area contributed by atoms with Crippen molar-refractivity contribution >= 4 is 0 Å². The van der Waals surface area contributed by atoms with Gasteiger partial charge in [0.25, 0.3) is 0 Å². The van der Waals surface area contributed by atoms with Crippen molar-refractivity contribution in [3.05, 3.63) is 0 Å². The first kappa shape index (κ1) is 19.0. The molecule has 0 heterocycles. The summed E-state index contributed by atoms with van der Waals surface area (Å²) in [5.41, 5.74) is 0. The second-order valence-electron chi connectivity index (χ2n) is 4.94. The fraction of sp³-hybridized carbons (Fsp3) is 1.00. The van der Waals surface area contributed by atoms with Crippen molar-refractivity contribution in [2.45, 2.75) is 66.2 Å². The Bertz CT molecular complexity index is 121. The van der Waals surface area contributed by atoms with Gasteiger partial charge in [-0.3, -0.25) is 0 Å². The topological polar surface area (TPSA) is 0 Å². The Morgan fingerprint density at radius 2 is 0.938 bits per heavy atom. The van der Waals surface area contributed by atoms with Gasteiger partial charge in [-0.05, 0) is 25.7 Å². The number of hydrogen-bond donors (Lipinski definition) is 0. The zero-order valence-electron chi connectivity index (χ0n) is 11.8. The predicted molar refractivity (Wildman–Crippen MR) is 70.1 cm³/mol. The first-order valence-corrected chi connectivity index (χ1v) is 7.09. The number of rotatable bonds is 10. The Kier molecular flexibility index (Phi) is 14.4. The maximum absolute atomic E-state index is 2.33. The molecule has 0 aliphatic carbocycles. The molecule has 0 radical (unpaired) electrons. The van der Waals surface area contributed by atoms with Crippen LogP contribution in [0.2, 0.25) is 0 Å². The van der Waals surface area contributed by atoms with E-state index in [1.807, 2.05) is 0 Å². The molecule has 1 nitrogen and oxygen atoms in total. The molecule has 0 unspecified atom stereocenters. The average molecular weight is 409 g/mol. The Balaban J connectivity index is 0. The minimum atomic E-state index is 0. The molecular formula is C14H32NPt+3. The molecule has 0 saturated carbocycles. The van der Waals surface area contributed by atoms with Gasteiger partial charge in [0.05, 0.1) is 26.2 Å². The summed E-state index contributed by atoms with van der Waals surface area (Å²) in [7, 11) is 0. The van der Waals surface area contributed by atoms with Gasteiger partial charge in [0.1, 0.15) is 0 Å². The first-order valence-electron chi connectivity index (χ1n) is 7.09. The van der Waals surface area contributed by atoms with Crippen molar-refractivity contribution < 1.29 is 25.5 Å². The molecule has 0 bridgehead atoms. The van der Waals surface area contributed by atoms with E-state index < -0.39 is 0 Å². The summed E-state index contributed by atoms with van der Waals surface area (Å²) in [6.07, 6.45) is 8.19. The molecule has 0 aromatic carbocycles. The minimum absolute atomic E-state index is 0. The molecular weight excluding hydrogens is 377 g/mol. The van der Waals surface area contributed by atoms with Crippen molar-refractivity contribution in [3.8, 4) is 0 Å². The third kappa shape index (κ3) is 7.85. The maximum Gasteiger partial charge on any atom is 2.00 e. The van der Waals surface area contributed by atoms with Crippen LogP contribution in [0.1, 0.15) is 66.2 Å². The van der Waals surface area contributed by atoms with Crippen LogP contribution in [0.15, 0.2) is 0 Å². The number of nitrogens with zero attached hydrogens (tertiary/aromatic N) is 1. The van der Waals surface area contributed by atoms with Crippen LogP contribution >= 0.6 is 0 Å². The van der Waals surface area contributed by atoms with Crippen LogP contribution in [0.5, 0.6) is 0 Å². The van der Waals surface area contributed by atoms with Crippen LogP contribution in [0.25, 0.3) is 0 Å². The summed E-state index contributed by atoms with van der Waals surface area (Å²) >= 11 is 0. The maximum atomic E-state index is 2.33. The number of quaternary nitrogens is 1.